The lowest BCUT2D eigenvalue weighted by atomic mass is 9.70. The number of hydrogen-bond acceptors (Lipinski definition) is 1. The molecule has 1 aliphatic heterocycles. The predicted molar refractivity (Wildman–Crippen MR) is 58.2 cm³/mol. The first-order chi connectivity index (χ1) is 5.99. The molecule has 0 aromatic heterocycles. The highest BCUT2D eigenvalue weighted by Gasteiger charge is 2.55. The van der Waals surface area contributed by atoms with Crippen molar-refractivity contribution in [2.75, 3.05) is 0 Å². The van der Waals surface area contributed by atoms with E-state index < -0.39 is 0 Å². The van der Waals surface area contributed by atoms with Crippen LogP contribution in [0.3, 0.4) is 0 Å². The largest absolute Gasteiger partial charge is 0.144 e. The summed E-state index contributed by atoms with van der Waals surface area (Å²) in [5.74, 6) is 0.461. The molecule has 1 atom stereocenters. The molecular formula is C12H24NO. The second kappa shape index (κ2) is 2.96. The van der Waals surface area contributed by atoms with E-state index in [4.69, 9.17) is 0 Å². The van der Waals surface area contributed by atoms with Crippen molar-refractivity contribution in [2.45, 2.75) is 66.0 Å². The Bertz CT molecular complexity index is 225. The maximum atomic E-state index is 12.1. The van der Waals surface area contributed by atoms with Gasteiger partial charge in [0.2, 0.25) is 0 Å². The van der Waals surface area contributed by atoms with Crippen LogP contribution in [0.4, 0.5) is 0 Å². The van der Waals surface area contributed by atoms with Crippen LogP contribution in [0.25, 0.3) is 0 Å². The summed E-state index contributed by atoms with van der Waals surface area (Å²) in [6.07, 6.45) is 0.993. The summed E-state index contributed by atoms with van der Waals surface area (Å²) < 4.78 is 0. The Labute approximate surface area is 88.3 Å². The number of hydrogen-bond donors (Lipinski definition) is 0. The summed E-state index contributed by atoms with van der Waals surface area (Å²) in [6, 6.07) is 0. The molecule has 0 aromatic rings. The third-order valence-corrected chi connectivity index (χ3v) is 3.68. The van der Waals surface area contributed by atoms with Crippen molar-refractivity contribution in [3.8, 4) is 0 Å². The molecule has 2 nitrogen and oxygen atoms in total. The maximum absolute atomic E-state index is 12.1. The van der Waals surface area contributed by atoms with Crippen molar-refractivity contribution >= 4 is 0 Å². The molecule has 0 spiro atoms. The maximum Gasteiger partial charge on any atom is 0.0477 e. The number of hydroxylamine groups is 2. The molecular weight excluding hydrogens is 174 g/mol. The highest BCUT2D eigenvalue weighted by atomic mass is 16.5. The van der Waals surface area contributed by atoms with Gasteiger partial charge in [0, 0.05) is 11.1 Å². The van der Waals surface area contributed by atoms with Gasteiger partial charge in [-0.15, -0.1) is 10.3 Å². The van der Waals surface area contributed by atoms with E-state index in [0.717, 1.165) is 6.42 Å². The van der Waals surface area contributed by atoms with Crippen LogP contribution in [-0.2, 0) is 5.21 Å². The van der Waals surface area contributed by atoms with Crippen molar-refractivity contribution in [1.29, 1.82) is 0 Å². The van der Waals surface area contributed by atoms with Crippen LogP contribution in [0.15, 0.2) is 0 Å². The Morgan fingerprint density at radius 1 is 1.14 bits per heavy atom. The van der Waals surface area contributed by atoms with Crippen molar-refractivity contribution in [3.05, 3.63) is 0 Å². The third kappa shape index (κ3) is 1.70. The average Bonchev–Trinajstić information content (AvgIpc) is 2.10. The lowest BCUT2D eigenvalue weighted by Gasteiger charge is -2.39. The molecule has 1 fully saturated rings. The zero-order valence-electron chi connectivity index (χ0n) is 10.6. The van der Waals surface area contributed by atoms with Crippen molar-refractivity contribution in [3.63, 3.8) is 0 Å². The van der Waals surface area contributed by atoms with Crippen LogP contribution in [0.5, 0.6) is 0 Å². The van der Waals surface area contributed by atoms with Gasteiger partial charge in [0.25, 0.3) is 0 Å². The number of rotatable bonds is 0. The van der Waals surface area contributed by atoms with E-state index in [1.807, 2.05) is 13.8 Å². The second-order valence-corrected chi connectivity index (χ2v) is 6.88. The first kappa shape index (κ1) is 12.0. The first-order valence-electron chi connectivity index (χ1n) is 5.47. The fraction of sp³-hybridized carbons (Fsp3) is 1.00. The van der Waals surface area contributed by atoms with Gasteiger partial charge in [-0.1, -0.05) is 20.8 Å². The van der Waals surface area contributed by atoms with E-state index in [1.54, 1.807) is 0 Å². The lowest BCUT2D eigenvalue weighted by molar-refractivity contribution is -0.251. The van der Waals surface area contributed by atoms with Gasteiger partial charge >= 0.3 is 0 Å². The standard InChI is InChI=1S/C12H24NO/c1-10(2,3)9-8-11(4,5)13(14)12(9,6)7/h9H,8H2,1-7H3. The van der Waals surface area contributed by atoms with E-state index in [1.165, 1.54) is 5.06 Å². The summed E-state index contributed by atoms with van der Waals surface area (Å²) in [5, 5.41) is 13.4. The van der Waals surface area contributed by atoms with E-state index in [0.29, 0.717) is 5.92 Å². The Morgan fingerprint density at radius 3 is 1.71 bits per heavy atom. The summed E-state index contributed by atoms with van der Waals surface area (Å²) in [4.78, 5) is 0. The molecule has 0 aromatic carbocycles. The summed E-state index contributed by atoms with van der Waals surface area (Å²) >= 11 is 0. The second-order valence-electron chi connectivity index (χ2n) is 6.88. The van der Waals surface area contributed by atoms with Gasteiger partial charge in [-0.25, -0.2) is 0 Å². The Morgan fingerprint density at radius 2 is 1.57 bits per heavy atom. The number of nitrogens with zero attached hydrogens (tertiary/aromatic N) is 1. The normalized spacial score (nSPS) is 32.1. The molecule has 0 saturated carbocycles. The average molecular weight is 198 g/mol. The van der Waals surface area contributed by atoms with Gasteiger partial charge in [-0.05, 0) is 45.4 Å². The van der Waals surface area contributed by atoms with Crippen molar-refractivity contribution in [1.82, 2.24) is 5.06 Å². The Balaban J connectivity index is 3.03. The monoisotopic (exact) mass is 198 g/mol. The van der Waals surface area contributed by atoms with E-state index in [2.05, 4.69) is 34.6 Å². The van der Waals surface area contributed by atoms with Gasteiger partial charge in [0.05, 0.1) is 0 Å². The Kier molecular flexibility index (Phi) is 2.53. The minimum absolute atomic E-state index is 0.207. The topological polar surface area (TPSA) is 23.1 Å². The van der Waals surface area contributed by atoms with Crippen molar-refractivity contribution in [2.24, 2.45) is 11.3 Å². The molecule has 0 amide bonds. The van der Waals surface area contributed by atoms with E-state index in [9.17, 15) is 5.21 Å². The fourth-order valence-electron chi connectivity index (χ4n) is 3.12. The predicted octanol–water partition coefficient (Wildman–Crippen LogP) is 3.26. The SMILES string of the molecule is CC(C)(C)C1CC(C)(C)N([O])C1(C)C. The molecule has 1 radical (unpaired) electrons. The van der Waals surface area contributed by atoms with E-state index in [-0.39, 0.29) is 16.5 Å². The third-order valence-electron chi connectivity index (χ3n) is 3.68. The highest BCUT2D eigenvalue weighted by Crippen LogP contribution is 2.51. The molecule has 1 saturated heterocycles. The summed E-state index contributed by atoms with van der Waals surface area (Å²) in [7, 11) is 0. The van der Waals surface area contributed by atoms with Crippen LogP contribution in [-0.4, -0.2) is 16.1 Å². The van der Waals surface area contributed by atoms with Crippen LogP contribution < -0.4 is 0 Å². The van der Waals surface area contributed by atoms with Gasteiger partial charge in [-0.2, -0.15) is 0 Å². The van der Waals surface area contributed by atoms with Crippen LogP contribution >= 0.6 is 0 Å². The molecule has 1 rings (SSSR count). The zero-order chi connectivity index (χ0) is 11.4. The molecule has 2 heteroatoms. The molecule has 0 N–H and O–H groups in total. The van der Waals surface area contributed by atoms with Crippen LogP contribution in [0.1, 0.15) is 54.9 Å². The smallest absolute Gasteiger partial charge is 0.0477 e. The molecule has 1 unspecified atom stereocenters. The molecule has 1 aliphatic rings. The lowest BCUT2D eigenvalue weighted by Crippen LogP contribution is -2.48. The molecule has 14 heavy (non-hydrogen) atoms. The van der Waals surface area contributed by atoms with Gasteiger partial charge in [0.15, 0.2) is 0 Å². The molecule has 0 bridgehead atoms. The van der Waals surface area contributed by atoms with Crippen LogP contribution in [0, 0.1) is 11.3 Å². The highest BCUT2D eigenvalue weighted by molar-refractivity contribution is 5.05. The van der Waals surface area contributed by atoms with Gasteiger partial charge < -0.3 is 0 Å². The minimum atomic E-state index is -0.234. The Hall–Kier alpha value is -0.0800. The van der Waals surface area contributed by atoms with Crippen LogP contribution in [0.2, 0.25) is 0 Å². The van der Waals surface area contributed by atoms with Crippen molar-refractivity contribution < 1.29 is 5.21 Å². The molecule has 1 heterocycles. The van der Waals surface area contributed by atoms with Gasteiger partial charge in [0.1, 0.15) is 0 Å². The molecule has 0 aliphatic carbocycles. The summed E-state index contributed by atoms with van der Waals surface area (Å²) in [5.41, 5.74) is -0.233. The summed E-state index contributed by atoms with van der Waals surface area (Å²) in [6.45, 7) is 14.9. The molecule has 83 valence electrons. The first-order valence-corrected chi connectivity index (χ1v) is 5.47. The fourth-order valence-corrected chi connectivity index (χ4v) is 3.12. The minimum Gasteiger partial charge on any atom is -0.144 e. The quantitative estimate of drug-likeness (QED) is 0.586. The van der Waals surface area contributed by atoms with E-state index >= 15 is 0 Å². The van der Waals surface area contributed by atoms with Gasteiger partial charge in [-0.3, -0.25) is 0 Å². The zero-order valence-corrected chi connectivity index (χ0v) is 10.6.